The van der Waals surface area contributed by atoms with E-state index in [0.29, 0.717) is 4.90 Å². The van der Waals surface area contributed by atoms with E-state index in [0.717, 1.165) is 5.56 Å². The minimum Gasteiger partial charge on any atom is -0.281 e. The first-order valence-electron chi connectivity index (χ1n) is 3.97. The van der Waals surface area contributed by atoms with E-state index in [4.69, 9.17) is 0 Å². The Hall–Kier alpha value is -0.550. The van der Waals surface area contributed by atoms with Crippen LogP contribution < -0.4 is 0 Å². The van der Waals surface area contributed by atoms with E-state index >= 15 is 0 Å². The Morgan fingerprint density at radius 1 is 1.08 bits per heavy atom. The zero-order valence-electron chi connectivity index (χ0n) is 8.06. The van der Waals surface area contributed by atoms with Crippen LogP contribution in [-0.2, 0) is 0 Å². The Labute approximate surface area is 80.5 Å². The van der Waals surface area contributed by atoms with Crippen molar-refractivity contribution in [1.29, 1.82) is 0 Å². The summed E-state index contributed by atoms with van der Waals surface area (Å²) in [5.74, 6) is 0. The summed E-state index contributed by atoms with van der Waals surface area (Å²) in [6.45, 7) is 1.96. The predicted octanol–water partition coefficient (Wildman–Crippen LogP) is 2.58. The van der Waals surface area contributed by atoms with Crippen LogP contribution in [-0.4, -0.2) is 27.5 Å². The van der Waals surface area contributed by atoms with E-state index in [1.807, 2.05) is 19.1 Å². The van der Waals surface area contributed by atoms with Crippen LogP contribution in [0.4, 0.5) is 0 Å². The van der Waals surface area contributed by atoms with Gasteiger partial charge in [0.05, 0.1) is 4.90 Å². The maximum absolute atomic E-state index is 9.72. The van der Waals surface area contributed by atoms with Gasteiger partial charge in [-0.3, -0.25) is 9.11 Å². The van der Waals surface area contributed by atoms with Gasteiger partial charge in [-0.05, 0) is 19.1 Å². The molecule has 1 rings (SSSR count). The molecule has 2 N–H and O–H groups in total. The average Bonchev–Trinajstić information content (AvgIpc) is 2.04. The molecule has 3 nitrogen and oxygen atoms in total. The van der Waals surface area contributed by atoms with E-state index in [1.54, 1.807) is 26.2 Å². The lowest BCUT2D eigenvalue weighted by molar-refractivity contribution is 0.414. The number of hydrogen-bond acceptors (Lipinski definition) is 3. The average molecular weight is 201 g/mol. The first kappa shape index (κ1) is 10.5. The molecule has 0 radical (unpaired) electrons. The van der Waals surface area contributed by atoms with Crippen molar-refractivity contribution in [3.05, 3.63) is 29.8 Å². The third-order valence-electron chi connectivity index (χ3n) is 1.85. The van der Waals surface area contributed by atoms with Crippen molar-refractivity contribution < 1.29 is 9.11 Å². The van der Waals surface area contributed by atoms with Gasteiger partial charge >= 0.3 is 0 Å². The highest BCUT2D eigenvalue weighted by molar-refractivity contribution is 8.22. The smallest absolute Gasteiger partial charge is 0.0752 e. The summed E-state index contributed by atoms with van der Waals surface area (Å²) in [7, 11) is 0.536. The molecule has 0 saturated heterocycles. The van der Waals surface area contributed by atoms with Crippen LogP contribution in [0.2, 0.25) is 0 Å². The Morgan fingerprint density at radius 3 is 1.92 bits per heavy atom. The van der Waals surface area contributed by atoms with Gasteiger partial charge in [-0.2, -0.15) is 0 Å². The van der Waals surface area contributed by atoms with Gasteiger partial charge in [-0.25, -0.2) is 4.31 Å². The molecule has 1 aromatic rings. The highest BCUT2D eigenvalue weighted by Gasteiger charge is 2.17. The standard InChI is InChI=1S/C9H15NO2S/c1-8-4-6-9(7-5-8)13(11,12)10(2)3/h4-7,11-12H,1-3H3. The fraction of sp³-hybridized carbons (Fsp3) is 0.333. The molecule has 74 valence electrons. The lowest BCUT2D eigenvalue weighted by Gasteiger charge is -2.38. The zero-order chi connectivity index (χ0) is 10.1. The summed E-state index contributed by atoms with van der Waals surface area (Å²) in [6.07, 6.45) is 0. The third kappa shape index (κ3) is 2.22. The molecule has 4 heteroatoms. The van der Waals surface area contributed by atoms with Gasteiger partial charge in [-0.1, -0.05) is 17.7 Å². The van der Waals surface area contributed by atoms with E-state index in [1.165, 1.54) is 4.31 Å². The summed E-state index contributed by atoms with van der Waals surface area (Å²) >= 11 is 0. The minimum atomic E-state index is -2.76. The van der Waals surface area contributed by atoms with Crippen molar-refractivity contribution in [3.63, 3.8) is 0 Å². The molecule has 0 aliphatic rings. The van der Waals surface area contributed by atoms with Crippen molar-refractivity contribution in [2.75, 3.05) is 14.1 Å². The number of benzene rings is 1. The van der Waals surface area contributed by atoms with Gasteiger partial charge in [0.15, 0.2) is 0 Å². The normalized spacial score (nSPS) is 13.4. The lowest BCUT2D eigenvalue weighted by Crippen LogP contribution is -2.18. The number of hydrogen-bond donors (Lipinski definition) is 2. The number of nitrogens with zero attached hydrogens (tertiary/aromatic N) is 1. The molecule has 0 fully saturated rings. The SMILES string of the molecule is Cc1ccc(S(O)(O)N(C)C)cc1. The molecule has 0 aromatic heterocycles. The van der Waals surface area contributed by atoms with E-state index < -0.39 is 10.8 Å². The minimum absolute atomic E-state index is 0.558. The largest absolute Gasteiger partial charge is 0.281 e. The van der Waals surface area contributed by atoms with E-state index in [9.17, 15) is 9.11 Å². The van der Waals surface area contributed by atoms with Gasteiger partial charge in [0, 0.05) is 14.1 Å². The van der Waals surface area contributed by atoms with Crippen molar-refractivity contribution in [2.24, 2.45) is 0 Å². The van der Waals surface area contributed by atoms with Crippen LogP contribution in [0.3, 0.4) is 0 Å². The summed E-state index contributed by atoms with van der Waals surface area (Å²) in [6, 6.07) is 7.22. The number of rotatable bonds is 2. The van der Waals surface area contributed by atoms with Crippen molar-refractivity contribution in [2.45, 2.75) is 11.8 Å². The number of aryl methyl sites for hydroxylation is 1. The molecule has 0 amide bonds. The van der Waals surface area contributed by atoms with Crippen LogP contribution in [0.5, 0.6) is 0 Å². The molecular formula is C9H15NO2S. The van der Waals surface area contributed by atoms with Crippen molar-refractivity contribution in [3.8, 4) is 0 Å². The predicted molar refractivity (Wildman–Crippen MR) is 56.0 cm³/mol. The highest BCUT2D eigenvalue weighted by atomic mass is 32.3. The van der Waals surface area contributed by atoms with Crippen LogP contribution in [0.1, 0.15) is 5.56 Å². The van der Waals surface area contributed by atoms with Crippen LogP contribution >= 0.6 is 10.8 Å². The first-order valence-corrected chi connectivity index (χ1v) is 5.47. The molecule has 1 aromatic carbocycles. The fourth-order valence-electron chi connectivity index (χ4n) is 0.932. The topological polar surface area (TPSA) is 43.7 Å². The zero-order valence-corrected chi connectivity index (χ0v) is 8.88. The lowest BCUT2D eigenvalue weighted by atomic mass is 10.2. The molecule has 0 atom stereocenters. The summed E-state index contributed by atoms with van der Waals surface area (Å²) < 4.78 is 20.9. The highest BCUT2D eigenvalue weighted by Crippen LogP contribution is 2.49. The van der Waals surface area contributed by atoms with Gasteiger partial charge in [0.25, 0.3) is 0 Å². The van der Waals surface area contributed by atoms with E-state index in [2.05, 4.69) is 0 Å². The molecule has 0 bridgehead atoms. The Morgan fingerprint density at radius 2 is 1.54 bits per heavy atom. The van der Waals surface area contributed by atoms with E-state index in [-0.39, 0.29) is 0 Å². The molecule has 13 heavy (non-hydrogen) atoms. The summed E-state index contributed by atoms with van der Waals surface area (Å²) in [4.78, 5) is 0.558. The third-order valence-corrected chi connectivity index (χ3v) is 3.77. The van der Waals surface area contributed by atoms with Gasteiger partial charge in [0.1, 0.15) is 0 Å². The van der Waals surface area contributed by atoms with Gasteiger partial charge in [0.2, 0.25) is 0 Å². The molecule has 0 heterocycles. The summed E-state index contributed by atoms with van der Waals surface area (Å²) in [5.41, 5.74) is 1.11. The second kappa shape index (κ2) is 3.67. The monoisotopic (exact) mass is 201 g/mol. The van der Waals surface area contributed by atoms with Gasteiger partial charge < -0.3 is 0 Å². The maximum atomic E-state index is 9.72. The Balaban J connectivity index is 3.01. The van der Waals surface area contributed by atoms with Crippen LogP contribution in [0.25, 0.3) is 0 Å². The van der Waals surface area contributed by atoms with Gasteiger partial charge in [-0.15, -0.1) is 10.8 Å². The van der Waals surface area contributed by atoms with Crippen molar-refractivity contribution >= 4 is 10.8 Å². The first-order chi connectivity index (χ1) is 5.94. The summed E-state index contributed by atoms with van der Waals surface area (Å²) in [5, 5.41) is 0. The quantitative estimate of drug-likeness (QED) is 0.773. The molecule has 0 unspecified atom stereocenters. The molecular weight excluding hydrogens is 186 g/mol. The molecule has 0 aliphatic carbocycles. The second-order valence-electron chi connectivity index (χ2n) is 3.14. The molecule has 0 aliphatic heterocycles. The Kier molecular flexibility index (Phi) is 2.98. The molecule has 0 saturated carbocycles. The van der Waals surface area contributed by atoms with Crippen LogP contribution in [0, 0.1) is 6.92 Å². The fourth-order valence-corrected chi connectivity index (χ4v) is 1.85. The molecule has 0 spiro atoms. The Bertz CT molecular complexity index is 282. The van der Waals surface area contributed by atoms with Crippen LogP contribution in [0.15, 0.2) is 29.2 Å². The maximum Gasteiger partial charge on any atom is 0.0752 e. The van der Waals surface area contributed by atoms with Crippen molar-refractivity contribution in [1.82, 2.24) is 4.31 Å². The second-order valence-corrected chi connectivity index (χ2v) is 5.38.